The first kappa shape index (κ1) is 14.0. The minimum absolute atomic E-state index is 0.0855. The molecule has 0 fully saturated rings. The highest BCUT2D eigenvalue weighted by Gasteiger charge is 2.30. The van der Waals surface area contributed by atoms with E-state index in [4.69, 9.17) is 4.74 Å². The van der Waals surface area contributed by atoms with Crippen LogP contribution in [-0.4, -0.2) is 43.0 Å². The van der Waals surface area contributed by atoms with Crippen LogP contribution in [0.25, 0.3) is 0 Å². The number of nitrogens with zero attached hydrogens (tertiary/aromatic N) is 1. The number of allylic oxidation sites excluding steroid dienone is 2. The van der Waals surface area contributed by atoms with E-state index >= 15 is 0 Å². The molecule has 0 radical (unpaired) electrons. The lowest BCUT2D eigenvalue weighted by molar-refractivity contribution is -0.143. The van der Waals surface area contributed by atoms with Crippen molar-refractivity contribution in [3.05, 3.63) is 23.9 Å². The van der Waals surface area contributed by atoms with E-state index in [-0.39, 0.29) is 13.0 Å². The number of hydrogen-bond acceptors (Lipinski definition) is 5. The Labute approximate surface area is 105 Å². The van der Waals surface area contributed by atoms with E-state index in [2.05, 4.69) is 4.74 Å². The monoisotopic (exact) mass is 253 g/mol. The zero-order chi connectivity index (χ0) is 13.5. The molecule has 98 valence electrons. The molecule has 6 heteroatoms. The van der Waals surface area contributed by atoms with Crippen molar-refractivity contribution in [1.82, 2.24) is 4.90 Å². The Hall–Kier alpha value is -2.11. The summed E-state index contributed by atoms with van der Waals surface area (Å²) >= 11 is 0. The molecule has 1 rings (SSSR count). The van der Waals surface area contributed by atoms with E-state index in [1.165, 1.54) is 18.2 Å². The Morgan fingerprint density at radius 1 is 1.50 bits per heavy atom. The highest BCUT2D eigenvalue weighted by atomic mass is 16.5. The molecule has 1 aliphatic heterocycles. The second-order valence-corrected chi connectivity index (χ2v) is 3.53. The molecule has 1 atom stereocenters. The Balaban J connectivity index is 2.87. The van der Waals surface area contributed by atoms with Crippen LogP contribution in [0.5, 0.6) is 0 Å². The summed E-state index contributed by atoms with van der Waals surface area (Å²) in [7, 11) is 1.23. The standard InChI is InChI=1S/C12H15NO5/c1-3-18-11(15)7-10-9(8-14)5-4-6-13(10)12(16)17-2/h4-6,8,10H,3,7H2,1-2H3. The highest BCUT2D eigenvalue weighted by molar-refractivity contribution is 5.83. The second kappa shape index (κ2) is 6.58. The van der Waals surface area contributed by atoms with Gasteiger partial charge in [-0.25, -0.2) is 4.79 Å². The van der Waals surface area contributed by atoms with Crippen molar-refractivity contribution in [2.45, 2.75) is 19.4 Å². The van der Waals surface area contributed by atoms with E-state index in [1.54, 1.807) is 19.1 Å². The fourth-order valence-electron chi connectivity index (χ4n) is 1.63. The van der Waals surface area contributed by atoms with Gasteiger partial charge in [0.2, 0.25) is 0 Å². The van der Waals surface area contributed by atoms with Crippen LogP contribution in [-0.2, 0) is 19.1 Å². The average Bonchev–Trinajstić information content (AvgIpc) is 2.38. The SMILES string of the molecule is CCOC(=O)CC1C(C=O)=CC=CN1C(=O)OC. The number of methoxy groups -OCH3 is 1. The van der Waals surface area contributed by atoms with Crippen LogP contribution < -0.4 is 0 Å². The van der Waals surface area contributed by atoms with Crippen LogP contribution >= 0.6 is 0 Å². The summed E-state index contributed by atoms with van der Waals surface area (Å²) in [5.74, 6) is -0.473. The molecule has 0 aromatic heterocycles. The van der Waals surface area contributed by atoms with Crippen molar-refractivity contribution in [1.29, 1.82) is 0 Å². The molecule has 6 nitrogen and oxygen atoms in total. The third kappa shape index (κ3) is 3.19. The summed E-state index contributed by atoms with van der Waals surface area (Å²) in [5, 5.41) is 0. The number of aldehydes is 1. The summed E-state index contributed by atoms with van der Waals surface area (Å²) < 4.78 is 9.41. The number of ether oxygens (including phenoxy) is 2. The van der Waals surface area contributed by atoms with Crippen LogP contribution in [0.2, 0.25) is 0 Å². The molecule has 0 N–H and O–H groups in total. The molecule has 0 saturated carbocycles. The quantitative estimate of drug-likeness (QED) is 0.552. The van der Waals surface area contributed by atoms with Crippen molar-refractivity contribution >= 4 is 18.3 Å². The lowest BCUT2D eigenvalue weighted by atomic mass is 10.0. The molecule has 1 amide bonds. The largest absolute Gasteiger partial charge is 0.466 e. The van der Waals surface area contributed by atoms with Gasteiger partial charge in [-0.2, -0.15) is 0 Å². The first-order chi connectivity index (χ1) is 8.63. The van der Waals surface area contributed by atoms with Crippen LogP contribution in [0.4, 0.5) is 4.79 Å². The van der Waals surface area contributed by atoms with Gasteiger partial charge in [-0.3, -0.25) is 14.5 Å². The van der Waals surface area contributed by atoms with E-state index in [9.17, 15) is 14.4 Å². The molecule has 0 aromatic rings. The number of esters is 1. The van der Waals surface area contributed by atoms with Crippen molar-refractivity contribution < 1.29 is 23.9 Å². The van der Waals surface area contributed by atoms with Gasteiger partial charge in [0.15, 0.2) is 0 Å². The van der Waals surface area contributed by atoms with Crippen LogP contribution in [0.1, 0.15) is 13.3 Å². The lowest BCUT2D eigenvalue weighted by Gasteiger charge is -2.29. The molecule has 0 saturated heterocycles. The molecule has 0 aromatic carbocycles. The van der Waals surface area contributed by atoms with Gasteiger partial charge in [-0.05, 0) is 13.0 Å². The van der Waals surface area contributed by atoms with Crippen molar-refractivity contribution in [2.75, 3.05) is 13.7 Å². The first-order valence-electron chi connectivity index (χ1n) is 5.49. The van der Waals surface area contributed by atoms with Gasteiger partial charge in [0.05, 0.1) is 26.2 Å². The minimum atomic E-state index is -0.681. The summed E-state index contributed by atoms with van der Waals surface area (Å²) in [4.78, 5) is 35.1. The zero-order valence-electron chi connectivity index (χ0n) is 10.3. The molecule has 0 bridgehead atoms. The fourth-order valence-corrected chi connectivity index (χ4v) is 1.63. The van der Waals surface area contributed by atoms with E-state index < -0.39 is 18.1 Å². The van der Waals surface area contributed by atoms with Gasteiger partial charge in [-0.1, -0.05) is 6.08 Å². The average molecular weight is 253 g/mol. The third-order valence-corrected chi connectivity index (χ3v) is 2.44. The third-order valence-electron chi connectivity index (χ3n) is 2.44. The normalized spacial score (nSPS) is 18.0. The van der Waals surface area contributed by atoms with E-state index in [1.807, 2.05) is 0 Å². The maximum atomic E-state index is 11.5. The van der Waals surface area contributed by atoms with Gasteiger partial charge in [-0.15, -0.1) is 0 Å². The van der Waals surface area contributed by atoms with Crippen LogP contribution in [0, 0.1) is 0 Å². The Morgan fingerprint density at radius 2 is 2.22 bits per heavy atom. The predicted molar refractivity (Wildman–Crippen MR) is 62.6 cm³/mol. The van der Waals surface area contributed by atoms with Gasteiger partial charge < -0.3 is 9.47 Å². The summed E-state index contributed by atoms with van der Waals surface area (Å²) in [6.07, 6.45) is 4.45. The summed E-state index contributed by atoms with van der Waals surface area (Å²) in [6, 6.07) is -0.681. The first-order valence-corrected chi connectivity index (χ1v) is 5.49. The maximum Gasteiger partial charge on any atom is 0.414 e. The summed E-state index contributed by atoms with van der Waals surface area (Å²) in [5.41, 5.74) is 0.330. The number of rotatable bonds is 4. The smallest absolute Gasteiger partial charge is 0.414 e. The minimum Gasteiger partial charge on any atom is -0.466 e. The number of carbonyl (C=O) groups excluding carboxylic acids is 3. The van der Waals surface area contributed by atoms with Crippen molar-refractivity contribution in [2.24, 2.45) is 0 Å². The van der Waals surface area contributed by atoms with Crippen LogP contribution in [0.3, 0.4) is 0 Å². The van der Waals surface area contributed by atoms with E-state index in [0.717, 1.165) is 0 Å². The Morgan fingerprint density at radius 3 is 2.78 bits per heavy atom. The van der Waals surface area contributed by atoms with Gasteiger partial charge in [0.1, 0.15) is 6.29 Å². The second-order valence-electron chi connectivity index (χ2n) is 3.53. The fraction of sp³-hybridized carbons (Fsp3) is 0.417. The molecular weight excluding hydrogens is 238 g/mol. The molecule has 1 unspecified atom stereocenters. The number of carbonyl (C=O) groups is 3. The number of hydrogen-bond donors (Lipinski definition) is 0. The van der Waals surface area contributed by atoms with Crippen LogP contribution in [0.15, 0.2) is 23.9 Å². The predicted octanol–water partition coefficient (Wildman–Crippen LogP) is 1.03. The maximum absolute atomic E-state index is 11.5. The van der Waals surface area contributed by atoms with E-state index in [0.29, 0.717) is 11.9 Å². The van der Waals surface area contributed by atoms with Crippen molar-refractivity contribution in [3.8, 4) is 0 Å². The highest BCUT2D eigenvalue weighted by Crippen LogP contribution is 2.19. The van der Waals surface area contributed by atoms with Gasteiger partial charge >= 0.3 is 12.1 Å². The molecule has 0 aliphatic carbocycles. The Kier molecular flexibility index (Phi) is 5.10. The van der Waals surface area contributed by atoms with Gasteiger partial charge in [0, 0.05) is 11.8 Å². The van der Waals surface area contributed by atoms with Gasteiger partial charge in [0.25, 0.3) is 0 Å². The van der Waals surface area contributed by atoms with Crippen molar-refractivity contribution in [3.63, 3.8) is 0 Å². The summed E-state index contributed by atoms with van der Waals surface area (Å²) in [6.45, 7) is 1.94. The topological polar surface area (TPSA) is 72.9 Å². The zero-order valence-corrected chi connectivity index (χ0v) is 10.3. The Bertz CT molecular complexity index is 399. The molecular formula is C12H15NO5. The lowest BCUT2D eigenvalue weighted by Crippen LogP contribution is -2.40. The molecule has 18 heavy (non-hydrogen) atoms. The molecule has 0 spiro atoms. The number of amides is 1. The molecule has 1 aliphatic rings. The molecule has 1 heterocycles.